The van der Waals surface area contributed by atoms with E-state index in [0.29, 0.717) is 6.42 Å². The van der Waals surface area contributed by atoms with Crippen molar-refractivity contribution in [2.75, 3.05) is 0 Å². The summed E-state index contributed by atoms with van der Waals surface area (Å²) in [6, 6.07) is 0. The number of carboxylic acid groups (broad SMARTS) is 2. The van der Waals surface area contributed by atoms with E-state index in [2.05, 4.69) is 30.6 Å². The second kappa shape index (κ2) is 22.7. The van der Waals surface area contributed by atoms with Gasteiger partial charge < -0.3 is 10.2 Å². The van der Waals surface area contributed by atoms with Gasteiger partial charge in [0.05, 0.1) is 0 Å². The molecule has 2 N–H and O–H groups in total. The molecule has 0 fully saturated rings. The van der Waals surface area contributed by atoms with Crippen molar-refractivity contribution in [3.63, 3.8) is 0 Å². The highest BCUT2D eigenvalue weighted by Crippen LogP contribution is 2.14. The molecule has 0 atom stereocenters. The number of carbonyl (C=O) groups is 2. The van der Waals surface area contributed by atoms with Crippen LogP contribution in [0.25, 0.3) is 0 Å². The monoisotopic (exact) mass is 432 g/mol. The molecule has 176 valence electrons. The van der Waals surface area contributed by atoms with Crippen LogP contribution >= 0.6 is 0 Å². The van der Waals surface area contributed by atoms with Crippen molar-refractivity contribution in [2.24, 2.45) is 5.92 Å². The molecule has 0 aromatic carbocycles. The van der Waals surface area contributed by atoms with Crippen molar-refractivity contribution in [2.45, 2.75) is 129 Å². The molecule has 4 nitrogen and oxygen atoms in total. The van der Waals surface area contributed by atoms with Crippen molar-refractivity contribution in [3.8, 4) is 23.7 Å². The SMILES string of the molecule is CCCCCCCCCCCCC#CC#CCCCCCCCCC(C(=O)O)C(=O)O. The Labute approximate surface area is 190 Å². The highest BCUT2D eigenvalue weighted by molar-refractivity contribution is 5.92. The van der Waals surface area contributed by atoms with Crippen molar-refractivity contribution in [3.05, 3.63) is 0 Å². The summed E-state index contributed by atoms with van der Waals surface area (Å²) in [6.07, 6.45) is 21.3. The van der Waals surface area contributed by atoms with Crippen molar-refractivity contribution >= 4 is 11.9 Å². The van der Waals surface area contributed by atoms with Gasteiger partial charge in [-0.3, -0.25) is 9.59 Å². The summed E-state index contributed by atoms with van der Waals surface area (Å²) in [5, 5.41) is 17.6. The molecule has 0 unspecified atom stereocenters. The Morgan fingerprint density at radius 2 is 0.935 bits per heavy atom. The van der Waals surface area contributed by atoms with Gasteiger partial charge in [-0.05, 0) is 31.1 Å². The molecule has 0 radical (unpaired) electrons. The van der Waals surface area contributed by atoms with Gasteiger partial charge in [-0.25, -0.2) is 0 Å². The molecule has 0 bridgehead atoms. The largest absolute Gasteiger partial charge is 0.481 e. The average molecular weight is 433 g/mol. The van der Waals surface area contributed by atoms with Crippen LogP contribution in [-0.4, -0.2) is 22.2 Å². The standard InChI is InChI=1S/C27H44O4/c1-2-3-4-5-6-7-8-9-10-11-12-13-14-15-16-17-18-19-20-21-22-23-24-25(26(28)29)27(30)31/h25H,2-12,17-24H2,1H3,(H,28,29)(H,30,31). The molecule has 0 aliphatic rings. The molecule has 0 aliphatic heterocycles. The van der Waals surface area contributed by atoms with Gasteiger partial charge >= 0.3 is 11.9 Å². The fourth-order valence-electron chi connectivity index (χ4n) is 3.54. The maximum Gasteiger partial charge on any atom is 0.317 e. The van der Waals surface area contributed by atoms with E-state index in [1.807, 2.05) is 0 Å². The maximum absolute atomic E-state index is 10.8. The van der Waals surface area contributed by atoms with E-state index in [9.17, 15) is 9.59 Å². The van der Waals surface area contributed by atoms with Gasteiger partial charge in [-0.1, -0.05) is 109 Å². The minimum absolute atomic E-state index is 0.216. The van der Waals surface area contributed by atoms with Gasteiger partial charge in [0.2, 0.25) is 0 Å². The summed E-state index contributed by atoms with van der Waals surface area (Å²) in [5.74, 6) is 8.43. The Kier molecular flexibility index (Phi) is 21.3. The summed E-state index contributed by atoms with van der Waals surface area (Å²) in [7, 11) is 0. The van der Waals surface area contributed by atoms with E-state index in [1.54, 1.807) is 0 Å². The molecule has 0 aliphatic carbocycles. The second-order valence-corrected chi connectivity index (χ2v) is 8.42. The molecule has 31 heavy (non-hydrogen) atoms. The number of hydrogen-bond acceptors (Lipinski definition) is 2. The molecule has 0 amide bonds. The Bertz CT molecular complexity index is 560. The molecule has 0 spiro atoms. The van der Waals surface area contributed by atoms with Gasteiger partial charge in [0, 0.05) is 12.8 Å². The first-order valence-electron chi connectivity index (χ1n) is 12.5. The summed E-state index contributed by atoms with van der Waals surface area (Å²) in [4.78, 5) is 21.6. The van der Waals surface area contributed by atoms with Crippen LogP contribution in [0, 0.1) is 29.6 Å². The van der Waals surface area contributed by atoms with Gasteiger partial charge in [0.25, 0.3) is 0 Å². The van der Waals surface area contributed by atoms with Crippen LogP contribution in [0.3, 0.4) is 0 Å². The van der Waals surface area contributed by atoms with Crippen molar-refractivity contribution in [1.82, 2.24) is 0 Å². The molecule has 0 saturated carbocycles. The molecular formula is C27H44O4. The lowest BCUT2D eigenvalue weighted by molar-refractivity contribution is -0.154. The highest BCUT2D eigenvalue weighted by atomic mass is 16.4. The highest BCUT2D eigenvalue weighted by Gasteiger charge is 2.24. The summed E-state index contributed by atoms with van der Waals surface area (Å²) < 4.78 is 0. The average Bonchev–Trinajstić information content (AvgIpc) is 2.73. The lowest BCUT2D eigenvalue weighted by atomic mass is 10.0. The first-order chi connectivity index (χ1) is 15.1. The molecule has 0 rings (SSSR count). The van der Waals surface area contributed by atoms with Crippen LogP contribution in [0.1, 0.15) is 129 Å². The number of aliphatic carboxylic acids is 2. The smallest absolute Gasteiger partial charge is 0.317 e. The molecule has 4 heteroatoms. The second-order valence-electron chi connectivity index (χ2n) is 8.42. The predicted molar refractivity (Wildman–Crippen MR) is 128 cm³/mol. The first kappa shape index (κ1) is 29.1. The molecular weight excluding hydrogens is 388 g/mol. The topological polar surface area (TPSA) is 74.6 Å². The van der Waals surface area contributed by atoms with E-state index in [4.69, 9.17) is 10.2 Å². The van der Waals surface area contributed by atoms with Crippen LogP contribution in [-0.2, 0) is 9.59 Å². The quantitative estimate of drug-likeness (QED) is 0.121. The molecule has 0 saturated heterocycles. The van der Waals surface area contributed by atoms with Crippen LogP contribution < -0.4 is 0 Å². The molecule has 0 heterocycles. The fourth-order valence-corrected chi connectivity index (χ4v) is 3.54. The Morgan fingerprint density at radius 1 is 0.581 bits per heavy atom. The Morgan fingerprint density at radius 3 is 1.32 bits per heavy atom. The van der Waals surface area contributed by atoms with E-state index >= 15 is 0 Å². The van der Waals surface area contributed by atoms with Gasteiger partial charge in [0.15, 0.2) is 5.92 Å². The molecule has 0 aromatic heterocycles. The number of carboxylic acids is 2. The van der Waals surface area contributed by atoms with Gasteiger partial charge in [-0.2, -0.15) is 0 Å². The minimum atomic E-state index is -1.26. The normalized spacial score (nSPS) is 10.3. The van der Waals surface area contributed by atoms with Crippen LogP contribution in [0.15, 0.2) is 0 Å². The van der Waals surface area contributed by atoms with Crippen molar-refractivity contribution in [1.29, 1.82) is 0 Å². The third kappa shape index (κ3) is 21.1. The van der Waals surface area contributed by atoms with Gasteiger partial charge in [-0.15, -0.1) is 0 Å². The third-order valence-corrected chi connectivity index (χ3v) is 5.54. The Hall–Kier alpha value is -1.94. The van der Waals surface area contributed by atoms with E-state index < -0.39 is 17.9 Å². The van der Waals surface area contributed by atoms with Crippen LogP contribution in [0.4, 0.5) is 0 Å². The van der Waals surface area contributed by atoms with E-state index in [0.717, 1.165) is 44.9 Å². The summed E-state index contributed by atoms with van der Waals surface area (Å²) >= 11 is 0. The van der Waals surface area contributed by atoms with Crippen LogP contribution in [0.5, 0.6) is 0 Å². The number of unbranched alkanes of at least 4 members (excludes halogenated alkanes) is 16. The van der Waals surface area contributed by atoms with Crippen molar-refractivity contribution < 1.29 is 19.8 Å². The zero-order valence-corrected chi connectivity index (χ0v) is 19.7. The first-order valence-corrected chi connectivity index (χ1v) is 12.5. The summed E-state index contributed by atoms with van der Waals surface area (Å²) in [6.45, 7) is 2.26. The minimum Gasteiger partial charge on any atom is -0.481 e. The lowest BCUT2D eigenvalue weighted by Crippen LogP contribution is -2.23. The predicted octanol–water partition coefficient (Wildman–Crippen LogP) is 7.21. The fraction of sp³-hybridized carbons (Fsp3) is 0.778. The number of hydrogen-bond donors (Lipinski definition) is 2. The van der Waals surface area contributed by atoms with Gasteiger partial charge in [0.1, 0.15) is 0 Å². The third-order valence-electron chi connectivity index (χ3n) is 5.54. The zero-order chi connectivity index (χ0) is 23.0. The summed E-state index contributed by atoms with van der Waals surface area (Å²) in [5.41, 5.74) is 0. The number of rotatable bonds is 20. The van der Waals surface area contributed by atoms with Crippen LogP contribution in [0.2, 0.25) is 0 Å². The molecule has 0 aromatic rings. The van der Waals surface area contributed by atoms with E-state index in [1.165, 1.54) is 64.2 Å². The lowest BCUT2D eigenvalue weighted by Gasteiger charge is -2.06. The Balaban J connectivity index is 3.40. The zero-order valence-electron chi connectivity index (χ0n) is 19.7. The van der Waals surface area contributed by atoms with E-state index in [-0.39, 0.29) is 6.42 Å². The maximum atomic E-state index is 10.8.